The lowest BCUT2D eigenvalue weighted by molar-refractivity contribution is 0.223. The molecular formula is C18H20. The molecule has 0 spiro atoms. The van der Waals surface area contributed by atoms with Gasteiger partial charge in [-0.25, -0.2) is 0 Å². The summed E-state index contributed by atoms with van der Waals surface area (Å²) in [6.07, 6.45) is 10.1. The summed E-state index contributed by atoms with van der Waals surface area (Å²) in [7, 11) is 0. The molecule has 18 heavy (non-hydrogen) atoms. The van der Waals surface area contributed by atoms with Crippen molar-refractivity contribution in [1.82, 2.24) is 0 Å². The Bertz CT molecular complexity index is 561. The van der Waals surface area contributed by atoms with Gasteiger partial charge in [0.2, 0.25) is 0 Å². The van der Waals surface area contributed by atoms with Crippen molar-refractivity contribution >= 4 is 0 Å². The van der Waals surface area contributed by atoms with Crippen molar-refractivity contribution in [3.05, 3.63) is 58.7 Å². The molecule has 0 aliphatic heterocycles. The number of hydrogen-bond donors (Lipinski definition) is 0. The Morgan fingerprint density at radius 3 is 2.56 bits per heavy atom. The normalized spacial score (nSPS) is 36.0. The molecule has 0 amide bonds. The maximum Gasteiger partial charge on any atom is -0.00898 e. The zero-order valence-electron chi connectivity index (χ0n) is 11.2. The SMILES string of the molecule is CC1=CC2C3CCC(c4cc(C)ccc43)C2C=C1. The molecule has 1 aromatic rings. The molecule has 4 aliphatic carbocycles. The number of hydrogen-bond acceptors (Lipinski definition) is 0. The van der Waals surface area contributed by atoms with Crippen molar-refractivity contribution in [3.63, 3.8) is 0 Å². The Morgan fingerprint density at radius 1 is 0.944 bits per heavy atom. The third-order valence-electron chi connectivity index (χ3n) is 5.24. The Labute approximate surface area is 109 Å². The molecule has 4 atom stereocenters. The minimum absolute atomic E-state index is 0.766. The molecule has 1 fully saturated rings. The molecule has 4 unspecified atom stereocenters. The fourth-order valence-corrected chi connectivity index (χ4v) is 4.47. The highest BCUT2D eigenvalue weighted by molar-refractivity contribution is 5.46. The maximum absolute atomic E-state index is 2.53. The molecule has 0 N–H and O–H groups in total. The minimum atomic E-state index is 0.766. The summed E-state index contributed by atoms with van der Waals surface area (Å²) in [5, 5.41) is 0. The van der Waals surface area contributed by atoms with Crippen molar-refractivity contribution < 1.29 is 0 Å². The fraction of sp³-hybridized carbons (Fsp3) is 0.444. The largest absolute Gasteiger partial charge is 0.0799 e. The van der Waals surface area contributed by atoms with Crippen LogP contribution in [0.2, 0.25) is 0 Å². The zero-order chi connectivity index (χ0) is 12.3. The van der Waals surface area contributed by atoms with Crippen molar-refractivity contribution in [1.29, 1.82) is 0 Å². The molecule has 0 radical (unpaired) electrons. The summed E-state index contributed by atoms with van der Waals surface area (Å²) < 4.78 is 0. The van der Waals surface area contributed by atoms with Crippen molar-refractivity contribution in [2.24, 2.45) is 11.8 Å². The minimum Gasteiger partial charge on any atom is -0.0799 e. The summed E-state index contributed by atoms with van der Waals surface area (Å²) in [6, 6.07) is 7.14. The van der Waals surface area contributed by atoms with E-state index in [0.717, 1.165) is 23.7 Å². The van der Waals surface area contributed by atoms with E-state index in [1.807, 2.05) is 0 Å². The molecular weight excluding hydrogens is 216 g/mol. The van der Waals surface area contributed by atoms with Crippen LogP contribution in [0, 0.1) is 18.8 Å². The quantitative estimate of drug-likeness (QED) is 0.611. The van der Waals surface area contributed by atoms with E-state index in [1.165, 1.54) is 24.0 Å². The van der Waals surface area contributed by atoms with Gasteiger partial charge in [-0.05, 0) is 61.5 Å². The van der Waals surface area contributed by atoms with Crippen LogP contribution in [0.15, 0.2) is 42.0 Å². The Morgan fingerprint density at radius 2 is 1.72 bits per heavy atom. The number of rotatable bonds is 0. The number of allylic oxidation sites excluding steroid dienone is 4. The summed E-state index contributed by atoms with van der Waals surface area (Å²) in [5.74, 6) is 3.08. The highest BCUT2D eigenvalue weighted by atomic mass is 14.5. The zero-order valence-corrected chi connectivity index (χ0v) is 11.2. The van der Waals surface area contributed by atoms with Gasteiger partial charge in [0.15, 0.2) is 0 Å². The van der Waals surface area contributed by atoms with Gasteiger partial charge in [0.1, 0.15) is 0 Å². The predicted octanol–water partition coefficient (Wildman–Crippen LogP) is 4.72. The van der Waals surface area contributed by atoms with Crippen LogP contribution in [0.3, 0.4) is 0 Å². The first kappa shape index (κ1) is 10.6. The van der Waals surface area contributed by atoms with Crippen molar-refractivity contribution in [2.75, 3.05) is 0 Å². The van der Waals surface area contributed by atoms with E-state index >= 15 is 0 Å². The molecule has 2 bridgehead atoms. The molecule has 1 aromatic carbocycles. The highest BCUT2D eigenvalue weighted by Crippen LogP contribution is 2.57. The van der Waals surface area contributed by atoms with E-state index in [2.05, 4.69) is 50.3 Å². The molecule has 0 heteroatoms. The first-order chi connectivity index (χ1) is 8.74. The average Bonchev–Trinajstić information content (AvgIpc) is 2.38. The van der Waals surface area contributed by atoms with E-state index in [1.54, 1.807) is 11.1 Å². The second kappa shape index (κ2) is 3.60. The van der Waals surface area contributed by atoms with E-state index in [-0.39, 0.29) is 0 Å². The molecule has 92 valence electrons. The van der Waals surface area contributed by atoms with Gasteiger partial charge in [0.25, 0.3) is 0 Å². The van der Waals surface area contributed by atoms with Crippen molar-refractivity contribution in [2.45, 2.75) is 38.5 Å². The van der Waals surface area contributed by atoms with Gasteiger partial charge in [0, 0.05) is 0 Å². The molecule has 4 aliphatic rings. The van der Waals surface area contributed by atoms with Crippen LogP contribution in [0.5, 0.6) is 0 Å². The van der Waals surface area contributed by atoms with Crippen LogP contribution in [-0.2, 0) is 0 Å². The second-order valence-electron chi connectivity index (χ2n) is 6.35. The van der Waals surface area contributed by atoms with E-state index < -0.39 is 0 Å². The Hall–Kier alpha value is -1.30. The lowest BCUT2D eigenvalue weighted by atomic mass is 9.55. The van der Waals surface area contributed by atoms with Gasteiger partial charge < -0.3 is 0 Å². The number of benzene rings is 1. The number of fused-ring (bicyclic) bond motifs is 1. The van der Waals surface area contributed by atoms with Crippen LogP contribution in [0.1, 0.15) is 48.3 Å². The van der Waals surface area contributed by atoms with Crippen LogP contribution in [0.4, 0.5) is 0 Å². The lowest BCUT2D eigenvalue weighted by Gasteiger charge is -2.49. The van der Waals surface area contributed by atoms with Crippen molar-refractivity contribution in [3.8, 4) is 0 Å². The monoisotopic (exact) mass is 236 g/mol. The summed E-state index contributed by atoms with van der Waals surface area (Å²) in [6.45, 7) is 4.46. The van der Waals surface area contributed by atoms with Gasteiger partial charge in [-0.3, -0.25) is 0 Å². The molecule has 0 saturated heterocycles. The van der Waals surface area contributed by atoms with Gasteiger partial charge in [-0.1, -0.05) is 47.6 Å². The predicted molar refractivity (Wildman–Crippen MR) is 75.8 cm³/mol. The van der Waals surface area contributed by atoms with Crippen LogP contribution in [-0.4, -0.2) is 0 Å². The first-order valence-electron chi connectivity index (χ1n) is 7.21. The van der Waals surface area contributed by atoms with Gasteiger partial charge in [-0.2, -0.15) is 0 Å². The second-order valence-corrected chi connectivity index (χ2v) is 6.35. The highest BCUT2D eigenvalue weighted by Gasteiger charge is 2.45. The van der Waals surface area contributed by atoms with Crippen LogP contribution < -0.4 is 0 Å². The summed E-state index contributed by atoms with van der Waals surface area (Å²) in [5.41, 5.74) is 6.18. The van der Waals surface area contributed by atoms with Crippen LogP contribution in [0.25, 0.3) is 0 Å². The molecule has 0 heterocycles. The molecule has 0 nitrogen and oxygen atoms in total. The number of aryl methyl sites for hydroxylation is 1. The van der Waals surface area contributed by atoms with Gasteiger partial charge in [0.05, 0.1) is 0 Å². The van der Waals surface area contributed by atoms with Crippen LogP contribution >= 0.6 is 0 Å². The standard InChI is InChI=1S/C18H20/c1-11-3-5-13-16-8-7-15(17(13)9-11)14-6-4-12(2)10-18(14)16/h3-6,9-10,13,15-17H,7-8H2,1-2H3. The first-order valence-corrected chi connectivity index (χ1v) is 7.21. The summed E-state index contributed by atoms with van der Waals surface area (Å²) >= 11 is 0. The molecule has 5 rings (SSSR count). The average molecular weight is 236 g/mol. The van der Waals surface area contributed by atoms with E-state index in [9.17, 15) is 0 Å². The Balaban J connectivity index is 1.89. The smallest absolute Gasteiger partial charge is 0.00898 e. The maximum atomic E-state index is 2.53. The third kappa shape index (κ3) is 1.32. The topological polar surface area (TPSA) is 0 Å². The third-order valence-corrected chi connectivity index (χ3v) is 5.24. The summed E-state index contributed by atoms with van der Waals surface area (Å²) in [4.78, 5) is 0. The molecule has 1 saturated carbocycles. The lowest BCUT2D eigenvalue weighted by Crippen LogP contribution is -2.37. The van der Waals surface area contributed by atoms with E-state index in [4.69, 9.17) is 0 Å². The fourth-order valence-electron chi connectivity index (χ4n) is 4.47. The van der Waals surface area contributed by atoms with Gasteiger partial charge >= 0.3 is 0 Å². The van der Waals surface area contributed by atoms with E-state index in [0.29, 0.717) is 0 Å². The van der Waals surface area contributed by atoms with Gasteiger partial charge in [-0.15, -0.1) is 0 Å². The Kier molecular flexibility index (Phi) is 2.12. The molecule has 0 aromatic heterocycles.